The normalized spacial score (nSPS) is 23.8. The first-order valence-corrected chi connectivity index (χ1v) is 6.87. The Kier molecular flexibility index (Phi) is 4.82. The van der Waals surface area contributed by atoms with Crippen LogP contribution in [0.1, 0.15) is 50.7 Å². The van der Waals surface area contributed by atoms with E-state index < -0.39 is 6.10 Å². The van der Waals surface area contributed by atoms with Gasteiger partial charge < -0.3 is 9.84 Å². The van der Waals surface area contributed by atoms with Crippen LogP contribution in [0.25, 0.3) is 0 Å². The summed E-state index contributed by atoms with van der Waals surface area (Å²) in [5.74, 6) is 0.884. The summed E-state index contributed by atoms with van der Waals surface area (Å²) in [6.45, 7) is 1.77. The van der Waals surface area contributed by atoms with Crippen LogP contribution in [0.5, 0.6) is 5.75 Å². The number of hydrogen-bond donors (Lipinski definition) is 1. The molecule has 0 spiro atoms. The minimum absolute atomic E-state index is 0.197. The van der Waals surface area contributed by atoms with Crippen LogP contribution in [0.4, 0.5) is 0 Å². The Morgan fingerprint density at radius 2 is 1.94 bits per heavy atom. The van der Waals surface area contributed by atoms with E-state index in [0.717, 1.165) is 17.7 Å². The Bertz CT molecular complexity index is 379. The Hall–Kier alpha value is -1.28. The molecule has 0 saturated heterocycles. The Morgan fingerprint density at radius 1 is 1.17 bits per heavy atom. The number of aliphatic hydroxyl groups is 1. The number of rotatable bonds is 3. The Morgan fingerprint density at radius 3 is 2.67 bits per heavy atom. The van der Waals surface area contributed by atoms with E-state index in [1.165, 1.54) is 25.7 Å². The lowest BCUT2D eigenvalue weighted by molar-refractivity contribution is 0.198. The van der Waals surface area contributed by atoms with Gasteiger partial charge in [0.15, 0.2) is 0 Å². The molecular weight excluding hydrogens is 224 g/mol. The molecule has 2 nitrogen and oxygen atoms in total. The fourth-order valence-electron chi connectivity index (χ4n) is 2.23. The molecule has 0 saturated carbocycles. The molecule has 0 aliphatic heterocycles. The van der Waals surface area contributed by atoms with E-state index in [9.17, 15) is 5.11 Å². The maximum absolute atomic E-state index is 9.45. The molecule has 0 bridgehead atoms. The maximum atomic E-state index is 9.45. The number of benzene rings is 1. The van der Waals surface area contributed by atoms with Gasteiger partial charge in [0, 0.05) is 0 Å². The fourth-order valence-corrected chi connectivity index (χ4v) is 2.23. The average molecular weight is 246 g/mol. The Labute approximate surface area is 109 Å². The first-order chi connectivity index (χ1) is 8.75. The fraction of sp³-hybridized carbons (Fsp3) is 0.500. The van der Waals surface area contributed by atoms with Crippen LogP contribution >= 0.6 is 0 Å². The second-order valence-electron chi connectivity index (χ2n) is 4.97. The van der Waals surface area contributed by atoms with Gasteiger partial charge in [0.2, 0.25) is 0 Å². The molecule has 98 valence electrons. The number of ether oxygens (including phenoxy) is 1. The molecule has 1 aliphatic rings. The first kappa shape index (κ1) is 13.2. The third kappa shape index (κ3) is 3.88. The molecule has 0 radical (unpaired) electrons. The van der Waals surface area contributed by atoms with E-state index in [2.05, 4.69) is 12.2 Å². The Balaban J connectivity index is 1.97. The highest BCUT2D eigenvalue weighted by Crippen LogP contribution is 2.21. The minimum atomic E-state index is -0.416. The second kappa shape index (κ2) is 6.60. The summed E-state index contributed by atoms with van der Waals surface area (Å²) in [5, 5.41) is 9.45. The number of allylic oxidation sites excluding steroid dienone is 1. The lowest BCUT2D eigenvalue weighted by atomic mass is 10.0. The molecular formula is C16H22O2. The van der Waals surface area contributed by atoms with E-state index in [-0.39, 0.29) is 6.10 Å². The summed E-state index contributed by atoms with van der Waals surface area (Å²) in [6.07, 6.45) is 10.3. The van der Waals surface area contributed by atoms with Crippen LogP contribution in [0.2, 0.25) is 0 Å². The van der Waals surface area contributed by atoms with Gasteiger partial charge in [-0.3, -0.25) is 0 Å². The van der Waals surface area contributed by atoms with E-state index >= 15 is 0 Å². The van der Waals surface area contributed by atoms with Crippen LogP contribution in [0.15, 0.2) is 36.4 Å². The van der Waals surface area contributed by atoms with Crippen LogP contribution in [-0.2, 0) is 0 Å². The molecule has 0 aromatic heterocycles. The van der Waals surface area contributed by atoms with Crippen LogP contribution < -0.4 is 4.74 Å². The van der Waals surface area contributed by atoms with Gasteiger partial charge in [0.05, 0.1) is 6.10 Å². The van der Waals surface area contributed by atoms with Gasteiger partial charge in [-0.2, -0.15) is 0 Å². The van der Waals surface area contributed by atoms with Crippen molar-refractivity contribution in [1.29, 1.82) is 0 Å². The van der Waals surface area contributed by atoms with Crippen molar-refractivity contribution in [2.75, 3.05) is 0 Å². The van der Waals surface area contributed by atoms with Gasteiger partial charge in [-0.25, -0.2) is 0 Å². The van der Waals surface area contributed by atoms with Crippen molar-refractivity contribution in [2.24, 2.45) is 0 Å². The third-order valence-corrected chi connectivity index (χ3v) is 3.36. The molecule has 2 unspecified atom stereocenters. The zero-order valence-corrected chi connectivity index (χ0v) is 11.0. The predicted octanol–water partition coefficient (Wildman–Crippen LogP) is 4.01. The van der Waals surface area contributed by atoms with Gasteiger partial charge in [-0.1, -0.05) is 24.6 Å². The summed E-state index contributed by atoms with van der Waals surface area (Å²) in [4.78, 5) is 0. The van der Waals surface area contributed by atoms with Crippen LogP contribution in [-0.4, -0.2) is 11.2 Å². The third-order valence-electron chi connectivity index (χ3n) is 3.36. The predicted molar refractivity (Wildman–Crippen MR) is 73.7 cm³/mol. The zero-order valence-electron chi connectivity index (χ0n) is 11.0. The van der Waals surface area contributed by atoms with Crippen molar-refractivity contribution in [3.05, 3.63) is 42.0 Å². The second-order valence-corrected chi connectivity index (χ2v) is 4.97. The standard InChI is InChI=1S/C16H22O2/c1-13(17)14-9-11-16(12-10-14)18-15-7-5-3-2-4-6-8-15/h5,7,9-13,15,17H,2-4,6,8H2,1H3/b7-5+. The lowest BCUT2D eigenvalue weighted by Gasteiger charge is -2.18. The highest BCUT2D eigenvalue weighted by atomic mass is 16.5. The molecule has 0 heterocycles. The average Bonchev–Trinajstić information content (AvgIpc) is 2.33. The maximum Gasteiger partial charge on any atom is 0.120 e. The van der Waals surface area contributed by atoms with Gasteiger partial charge in [-0.05, 0) is 56.4 Å². The van der Waals surface area contributed by atoms with Crippen molar-refractivity contribution in [3.8, 4) is 5.75 Å². The summed E-state index contributed by atoms with van der Waals surface area (Å²) >= 11 is 0. The van der Waals surface area contributed by atoms with E-state index in [1.54, 1.807) is 6.92 Å². The summed E-state index contributed by atoms with van der Waals surface area (Å²) < 4.78 is 5.96. The minimum Gasteiger partial charge on any atom is -0.486 e. The van der Waals surface area contributed by atoms with Gasteiger partial charge >= 0.3 is 0 Å². The number of hydrogen-bond acceptors (Lipinski definition) is 2. The van der Waals surface area contributed by atoms with Crippen LogP contribution in [0.3, 0.4) is 0 Å². The lowest BCUT2D eigenvalue weighted by Crippen LogP contribution is -2.14. The van der Waals surface area contributed by atoms with E-state index in [0.29, 0.717) is 0 Å². The molecule has 18 heavy (non-hydrogen) atoms. The molecule has 1 N–H and O–H groups in total. The van der Waals surface area contributed by atoms with Crippen molar-refractivity contribution in [2.45, 2.75) is 51.2 Å². The van der Waals surface area contributed by atoms with Crippen molar-refractivity contribution in [1.82, 2.24) is 0 Å². The van der Waals surface area contributed by atoms with Gasteiger partial charge in [-0.15, -0.1) is 0 Å². The van der Waals surface area contributed by atoms with Gasteiger partial charge in [0.1, 0.15) is 11.9 Å². The quantitative estimate of drug-likeness (QED) is 0.817. The highest BCUT2D eigenvalue weighted by molar-refractivity contribution is 5.28. The molecule has 2 rings (SSSR count). The highest BCUT2D eigenvalue weighted by Gasteiger charge is 2.09. The summed E-state index contributed by atoms with van der Waals surface area (Å²) in [7, 11) is 0. The number of aliphatic hydroxyl groups excluding tert-OH is 1. The largest absolute Gasteiger partial charge is 0.486 e. The van der Waals surface area contributed by atoms with E-state index in [4.69, 9.17) is 4.74 Å². The smallest absolute Gasteiger partial charge is 0.120 e. The van der Waals surface area contributed by atoms with Crippen molar-refractivity contribution in [3.63, 3.8) is 0 Å². The van der Waals surface area contributed by atoms with Gasteiger partial charge in [0.25, 0.3) is 0 Å². The van der Waals surface area contributed by atoms with Crippen molar-refractivity contribution >= 4 is 0 Å². The monoisotopic (exact) mass is 246 g/mol. The molecule has 1 aliphatic carbocycles. The van der Waals surface area contributed by atoms with Crippen molar-refractivity contribution < 1.29 is 9.84 Å². The van der Waals surface area contributed by atoms with E-state index in [1.807, 2.05) is 24.3 Å². The molecule has 0 fully saturated rings. The topological polar surface area (TPSA) is 29.5 Å². The molecule has 0 amide bonds. The van der Waals surface area contributed by atoms with Crippen LogP contribution in [0, 0.1) is 0 Å². The molecule has 1 aromatic carbocycles. The zero-order chi connectivity index (χ0) is 12.8. The SMILES string of the molecule is CC(O)c1ccc(OC2/C=C/CCCCC2)cc1. The summed E-state index contributed by atoms with van der Waals surface area (Å²) in [5.41, 5.74) is 0.926. The molecule has 1 aromatic rings. The summed E-state index contributed by atoms with van der Waals surface area (Å²) in [6, 6.07) is 7.72. The molecule has 2 heteroatoms. The molecule has 2 atom stereocenters. The first-order valence-electron chi connectivity index (χ1n) is 6.87.